The molecule has 0 spiro atoms. The normalized spacial score (nSPS) is 13.9. The third-order valence-corrected chi connectivity index (χ3v) is 3.45. The van der Waals surface area contributed by atoms with Crippen molar-refractivity contribution in [3.05, 3.63) is 65.2 Å². The molecule has 0 aromatic heterocycles. The fourth-order valence-electron chi connectivity index (χ4n) is 2.04. The van der Waals surface area contributed by atoms with Gasteiger partial charge in [-0.15, -0.1) is 0 Å². The molecule has 2 atom stereocenters. The Morgan fingerprint density at radius 3 is 2.32 bits per heavy atom. The zero-order valence-corrected chi connectivity index (χ0v) is 11.6. The quantitative estimate of drug-likeness (QED) is 0.901. The van der Waals surface area contributed by atoms with Crippen LogP contribution in [0.2, 0.25) is 0 Å². The Labute approximate surface area is 114 Å². The Balaban J connectivity index is 2.13. The van der Waals surface area contributed by atoms with Crippen LogP contribution in [0.15, 0.2) is 48.5 Å². The molecule has 0 aliphatic heterocycles. The second-order valence-corrected chi connectivity index (χ2v) is 4.88. The third-order valence-electron chi connectivity index (χ3n) is 3.45. The van der Waals surface area contributed by atoms with Gasteiger partial charge in [0.1, 0.15) is 18.0 Å². The second kappa shape index (κ2) is 5.89. The largest absolute Gasteiger partial charge is 0.487 e. The SMILES string of the molecule is Cc1cccc(OC(C)C(O)c2ccccc2)c1C. The molecule has 0 aliphatic carbocycles. The van der Waals surface area contributed by atoms with Crippen molar-refractivity contribution in [1.82, 2.24) is 0 Å². The fraction of sp³-hybridized carbons (Fsp3) is 0.294. The minimum Gasteiger partial charge on any atom is -0.487 e. The monoisotopic (exact) mass is 256 g/mol. The van der Waals surface area contributed by atoms with Gasteiger partial charge in [-0.3, -0.25) is 0 Å². The minimum atomic E-state index is -0.624. The summed E-state index contributed by atoms with van der Waals surface area (Å²) >= 11 is 0. The first kappa shape index (κ1) is 13.6. The molecule has 2 rings (SSSR count). The molecule has 0 radical (unpaired) electrons. The lowest BCUT2D eigenvalue weighted by molar-refractivity contribution is 0.0463. The first-order valence-corrected chi connectivity index (χ1v) is 6.55. The van der Waals surface area contributed by atoms with Gasteiger partial charge in [-0.05, 0) is 43.5 Å². The van der Waals surface area contributed by atoms with E-state index in [0.717, 1.165) is 16.9 Å². The van der Waals surface area contributed by atoms with Crippen molar-refractivity contribution in [2.45, 2.75) is 33.0 Å². The summed E-state index contributed by atoms with van der Waals surface area (Å²) in [6, 6.07) is 15.6. The van der Waals surface area contributed by atoms with Gasteiger partial charge in [0.15, 0.2) is 0 Å². The van der Waals surface area contributed by atoms with Crippen LogP contribution in [0.1, 0.15) is 29.7 Å². The Morgan fingerprint density at radius 2 is 1.63 bits per heavy atom. The first-order valence-electron chi connectivity index (χ1n) is 6.55. The molecular formula is C17H20O2. The van der Waals surface area contributed by atoms with Gasteiger partial charge in [-0.25, -0.2) is 0 Å². The van der Waals surface area contributed by atoms with Crippen LogP contribution in [-0.4, -0.2) is 11.2 Å². The molecular weight excluding hydrogens is 236 g/mol. The molecule has 2 aromatic carbocycles. The van der Waals surface area contributed by atoms with Crippen molar-refractivity contribution in [1.29, 1.82) is 0 Å². The second-order valence-electron chi connectivity index (χ2n) is 4.88. The first-order chi connectivity index (χ1) is 9.09. The van der Waals surface area contributed by atoms with E-state index in [4.69, 9.17) is 4.74 Å². The summed E-state index contributed by atoms with van der Waals surface area (Å²) in [7, 11) is 0. The van der Waals surface area contributed by atoms with Crippen LogP contribution in [0.5, 0.6) is 5.75 Å². The molecule has 19 heavy (non-hydrogen) atoms. The van der Waals surface area contributed by atoms with Crippen LogP contribution in [-0.2, 0) is 0 Å². The Kier molecular flexibility index (Phi) is 4.23. The van der Waals surface area contributed by atoms with Gasteiger partial charge in [-0.1, -0.05) is 42.5 Å². The maximum absolute atomic E-state index is 10.3. The topological polar surface area (TPSA) is 29.5 Å². The maximum atomic E-state index is 10.3. The highest BCUT2D eigenvalue weighted by atomic mass is 16.5. The number of aliphatic hydroxyl groups is 1. The van der Waals surface area contributed by atoms with E-state index in [-0.39, 0.29) is 6.10 Å². The van der Waals surface area contributed by atoms with Crippen molar-refractivity contribution in [2.75, 3.05) is 0 Å². The number of hydrogen-bond donors (Lipinski definition) is 1. The highest BCUT2D eigenvalue weighted by molar-refractivity contribution is 5.38. The summed E-state index contributed by atoms with van der Waals surface area (Å²) < 4.78 is 5.89. The zero-order valence-electron chi connectivity index (χ0n) is 11.6. The van der Waals surface area contributed by atoms with Crippen LogP contribution < -0.4 is 4.74 Å². The molecule has 0 saturated heterocycles. The number of aryl methyl sites for hydroxylation is 1. The highest BCUT2D eigenvalue weighted by Gasteiger charge is 2.18. The van der Waals surface area contributed by atoms with Crippen LogP contribution in [0.3, 0.4) is 0 Å². The average Bonchev–Trinajstić information content (AvgIpc) is 2.44. The summed E-state index contributed by atoms with van der Waals surface area (Å²) in [6.07, 6.45) is -0.913. The maximum Gasteiger partial charge on any atom is 0.126 e. The Bertz CT molecular complexity index is 534. The van der Waals surface area contributed by atoms with Gasteiger partial charge >= 0.3 is 0 Å². The predicted molar refractivity (Wildman–Crippen MR) is 77.4 cm³/mol. The van der Waals surface area contributed by atoms with E-state index in [1.165, 1.54) is 5.56 Å². The Hall–Kier alpha value is -1.80. The molecule has 0 heterocycles. The number of hydrogen-bond acceptors (Lipinski definition) is 2. The summed E-state index contributed by atoms with van der Waals surface area (Å²) in [4.78, 5) is 0. The molecule has 0 bridgehead atoms. The van der Waals surface area contributed by atoms with Crippen LogP contribution in [0, 0.1) is 13.8 Å². The van der Waals surface area contributed by atoms with Crippen molar-refractivity contribution in [3.8, 4) is 5.75 Å². The van der Waals surface area contributed by atoms with Crippen LogP contribution in [0.4, 0.5) is 0 Å². The van der Waals surface area contributed by atoms with E-state index in [9.17, 15) is 5.11 Å². The lowest BCUT2D eigenvalue weighted by Gasteiger charge is -2.22. The number of ether oxygens (including phenoxy) is 1. The van der Waals surface area contributed by atoms with E-state index >= 15 is 0 Å². The minimum absolute atomic E-state index is 0.289. The van der Waals surface area contributed by atoms with E-state index in [1.54, 1.807) is 0 Å². The molecule has 100 valence electrons. The molecule has 1 N–H and O–H groups in total. The van der Waals surface area contributed by atoms with Crippen molar-refractivity contribution in [3.63, 3.8) is 0 Å². The molecule has 0 fully saturated rings. The van der Waals surface area contributed by atoms with Crippen molar-refractivity contribution < 1.29 is 9.84 Å². The predicted octanol–water partition coefficient (Wildman–Crippen LogP) is 3.80. The van der Waals surface area contributed by atoms with E-state index in [0.29, 0.717) is 0 Å². The molecule has 2 nitrogen and oxygen atoms in total. The van der Waals surface area contributed by atoms with Gasteiger partial charge in [0.05, 0.1) is 0 Å². The van der Waals surface area contributed by atoms with Crippen LogP contribution >= 0.6 is 0 Å². The molecule has 2 aromatic rings. The Morgan fingerprint density at radius 1 is 0.947 bits per heavy atom. The van der Waals surface area contributed by atoms with Gasteiger partial charge in [-0.2, -0.15) is 0 Å². The number of aliphatic hydroxyl groups excluding tert-OH is 1. The summed E-state index contributed by atoms with van der Waals surface area (Å²) in [6.45, 7) is 5.98. The number of benzene rings is 2. The fourth-order valence-corrected chi connectivity index (χ4v) is 2.04. The molecule has 0 aliphatic rings. The van der Waals surface area contributed by atoms with Crippen LogP contribution in [0.25, 0.3) is 0 Å². The summed E-state index contributed by atoms with van der Waals surface area (Å²) in [5.74, 6) is 0.836. The van der Waals surface area contributed by atoms with Gasteiger partial charge in [0, 0.05) is 0 Å². The van der Waals surface area contributed by atoms with Gasteiger partial charge < -0.3 is 9.84 Å². The van der Waals surface area contributed by atoms with E-state index < -0.39 is 6.10 Å². The molecule has 2 heteroatoms. The zero-order chi connectivity index (χ0) is 13.8. The standard InChI is InChI=1S/C17H20O2/c1-12-8-7-11-16(13(12)2)19-14(3)17(18)15-9-5-4-6-10-15/h4-11,14,17-18H,1-3H3. The summed E-state index contributed by atoms with van der Waals surface area (Å²) in [5.41, 5.74) is 3.19. The lowest BCUT2D eigenvalue weighted by Crippen LogP contribution is -2.22. The smallest absolute Gasteiger partial charge is 0.126 e. The third kappa shape index (κ3) is 3.15. The van der Waals surface area contributed by atoms with Crippen molar-refractivity contribution in [2.24, 2.45) is 0 Å². The average molecular weight is 256 g/mol. The number of rotatable bonds is 4. The molecule has 0 amide bonds. The highest BCUT2D eigenvalue weighted by Crippen LogP contribution is 2.25. The lowest BCUT2D eigenvalue weighted by atomic mass is 10.1. The summed E-state index contributed by atoms with van der Waals surface area (Å²) in [5, 5.41) is 10.3. The van der Waals surface area contributed by atoms with Gasteiger partial charge in [0.2, 0.25) is 0 Å². The van der Waals surface area contributed by atoms with Crippen molar-refractivity contribution >= 4 is 0 Å². The van der Waals surface area contributed by atoms with E-state index in [1.807, 2.05) is 56.3 Å². The van der Waals surface area contributed by atoms with Gasteiger partial charge in [0.25, 0.3) is 0 Å². The van der Waals surface area contributed by atoms with E-state index in [2.05, 4.69) is 13.0 Å². The molecule has 2 unspecified atom stereocenters. The molecule has 0 saturated carbocycles.